The minimum atomic E-state index is -1.25. The molecule has 0 radical (unpaired) electrons. The lowest BCUT2D eigenvalue weighted by molar-refractivity contribution is -0.0162. The topological polar surface area (TPSA) is 67.3 Å². The van der Waals surface area contributed by atoms with E-state index in [4.69, 9.17) is 16.3 Å². The molecule has 188 valence electrons. The summed E-state index contributed by atoms with van der Waals surface area (Å²) in [5.41, 5.74) is 0.855. The molecule has 4 rings (SSSR count). The van der Waals surface area contributed by atoms with Gasteiger partial charge in [-0.2, -0.15) is 0 Å². The molecule has 2 aromatic heterocycles. The zero-order valence-electron chi connectivity index (χ0n) is 20.1. The fourth-order valence-electron chi connectivity index (χ4n) is 5.04. The van der Waals surface area contributed by atoms with Crippen molar-refractivity contribution in [3.8, 4) is 5.75 Å². The molecule has 5 nitrogen and oxygen atoms in total. The fraction of sp³-hybridized carbons (Fsp3) is 0.481. The van der Waals surface area contributed by atoms with Crippen LogP contribution in [-0.4, -0.2) is 47.1 Å². The average Bonchev–Trinajstić information content (AvgIpc) is 2.90. The largest absolute Gasteiger partial charge is 0.497 e. The number of nitrogens with zero attached hydrogens (tertiary/aromatic N) is 2. The molecule has 1 aliphatic rings. The molecule has 0 unspecified atom stereocenters. The Bertz CT molecular complexity index is 1100. The molecule has 3 heterocycles. The highest BCUT2D eigenvalue weighted by atomic mass is 35.5. The number of methoxy groups -OCH3 is 1. The molecular formula is C27H33ClFN3O2S. The second-order valence-corrected chi connectivity index (χ2v) is 10.7. The highest BCUT2D eigenvalue weighted by molar-refractivity contribution is 7.99. The average molecular weight is 518 g/mol. The number of rotatable bonds is 11. The molecule has 1 aromatic carbocycles. The van der Waals surface area contributed by atoms with Gasteiger partial charge < -0.3 is 15.2 Å². The lowest BCUT2D eigenvalue weighted by Gasteiger charge is -2.42. The number of pyridine rings is 2. The van der Waals surface area contributed by atoms with Crippen LogP contribution in [0.1, 0.15) is 50.3 Å². The number of aromatic nitrogens is 2. The van der Waals surface area contributed by atoms with E-state index in [0.717, 1.165) is 43.1 Å². The van der Waals surface area contributed by atoms with Gasteiger partial charge in [-0.1, -0.05) is 17.7 Å². The normalized spacial score (nSPS) is 17.3. The Balaban J connectivity index is 1.43. The number of benzene rings is 1. The first-order chi connectivity index (χ1) is 17.0. The van der Waals surface area contributed by atoms with E-state index in [1.807, 2.05) is 30.3 Å². The molecule has 35 heavy (non-hydrogen) atoms. The second-order valence-electron chi connectivity index (χ2n) is 9.20. The number of fused-ring (bicyclic) bond motifs is 1. The van der Waals surface area contributed by atoms with E-state index < -0.39 is 12.3 Å². The van der Waals surface area contributed by atoms with E-state index in [1.54, 1.807) is 31.1 Å². The summed E-state index contributed by atoms with van der Waals surface area (Å²) in [4.78, 5) is 8.69. The van der Waals surface area contributed by atoms with Crippen LogP contribution in [0.25, 0.3) is 10.9 Å². The minimum Gasteiger partial charge on any atom is -0.497 e. The summed E-state index contributed by atoms with van der Waals surface area (Å²) in [5.74, 6) is 1.54. The Kier molecular flexibility index (Phi) is 9.22. The first-order valence-corrected chi connectivity index (χ1v) is 13.6. The molecule has 1 saturated heterocycles. The Hall–Kier alpha value is -1.93. The van der Waals surface area contributed by atoms with Crippen LogP contribution >= 0.6 is 23.4 Å². The predicted octanol–water partition coefficient (Wildman–Crippen LogP) is 6.39. The van der Waals surface area contributed by atoms with Gasteiger partial charge in [-0.3, -0.25) is 4.98 Å². The van der Waals surface area contributed by atoms with Crippen LogP contribution in [-0.2, 0) is 0 Å². The molecule has 1 aliphatic heterocycles. The van der Waals surface area contributed by atoms with Gasteiger partial charge >= 0.3 is 0 Å². The van der Waals surface area contributed by atoms with Crippen molar-refractivity contribution in [3.63, 3.8) is 0 Å². The van der Waals surface area contributed by atoms with Gasteiger partial charge in [0.1, 0.15) is 11.9 Å². The van der Waals surface area contributed by atoms with Crippen LogP contribution in [0.5, 0.6) is 5.75 Å². The van der Waals surface area contributed by atoms with Crippen LogP contribution in [0.15, 0.2) is 53.8 Å². The number of thioether (sulfide) groups is 1. The number of alkyl halides is 1. The number of hydrogen-bond donors (Lipinski definition) is 2. The summed E-state index contributed by atoms with van der Waals surface area (Å²) < 4.78 is 21.1. The SMILES string of the molecule is COc1ccc2ncc(Cl)c([C@H](F)CCC3([C@@H](O)CCCSc4ccccn4)CCNCC3)c2c1. The van der Waals surface area contributed by atoms with Gasteiger partial charge in [-0.15, -0.1) is 11.8 Å². The quantitative estimate of drug-likeness (QED) is 0.227. The number of aliphatic hydroxyl groups excluding tert-OH is 1. The van der Waals surface area contributed by atoms with Crippen LogP contribution in [0.4, 0.5) is 4.39 Å². The van der Waals surface area contributed by atoms with Gasteiger partial charge in [0.15, 0.2) is 0 Å². The van der Waals surface area contributed by atoms with Crippen molar-refractivity contribution in [1.29, 1.82) is 0 Å². The summed E-state index contributed by atoms with van der Waals surface area (Å²) in [7, 11) is 1.59. The zero-order chi connectivity index (χ0) is 24.7. The van der Waals surface area contributed by atoms with Crippen LogP contribution < -0.4 is 10.1 Å². The van der Waals surface area contributed by atoms with Gasteiger partial charge in [0.05, 0.1) is 28.8 Å². The van der Waals surface area contributed by atoms with E-state index in [0.29, 0.717) is 46.5 Å². The van der Waals surface area contributed by atoms with Crippen LogP contribution in [0.3, 0.4) is 0 Å². The summed E-state index contributed by atoms with van der Waals surface area (Å²) in [6, 6.07) is 11.3. The maximum absolute atomic E-state index is 15.8. The monoisotopic (exact) mass is 517 g/mol. The molecule has 0 saturated carbocycles. The number of piperidine rings is 1. The predicted molar refractivity (Wildman–Crippen MR) is 141 cm³/mol. The first-order valence-electron chi connectivity index (χ1n) is 12.2. The van der Waals surface area contributed by atoms with E-state index >= 15 is 4.39 Å². The highest BCUT2D eigenvalue weighted by Gasteiger charge is 2.39. The number of halogens is 2. The number of hydrogen-bond acceptors (Lipinski definition) is 6. The minimum absolute atomic E-state index is 0.293. The Morgan fingerprint density at radius 1 is 1.20 bits per heavy atom. The maximum atomic E-state index is 15.8. The van der Waals surface area contributed by atoms with Gasteiger partial charge in [0.2, 0.25) is 0 Å². The van der Waals surface area contributed by atoms with Gasteiger partial charge in [-0.25, -0.2) is 9.37 Å². The van der Waals surface area contributed by atoms with E-state index in [9.17, 15) is 5.11 Å². The van der Waals surface area contributed by atoms with Crippen molar-refractivity contribution >= 4 is 34.3 Å². The summed E-state index contributed by atoms with van der Waals surface area (Å²) in [6.45, 7) is 1.68. The molecule has 0 aliphatic carbocycles. The third-order valence-electron chi connectivity index (χ3n) is 7.09. The molecule has 0 spiro atoms. The molecular weight excluding hydrogens is 485 g/mol. The van der Waals surface area contributed by atoms with Crippen molar-refractivity contribution in [2.45, 2.75) is 55.8 Å². The Labute approximate surface area is 215 Å². The number of aliphatic hydroxyl groups is 1. The van der Waals surface area contributed by atoms with Crippen molar-refractivity contribution in [3.05, 3.63) is 59.4 Å². The maximum Gasteiger partial charge on any atom is 0.127 e. The third-order valence-corrected chi connectivity index (χ3v) is 8.42. The number of nitrogens with one attached hydrogen (secondary N) is 1. The van der Waals surface area contributed by atoms with Crippen molar-refractivity contribution in [2.24, 2.45) is 5.41 Å². The third kappa shape index (κ3) is 6.45. The molecule has 2 N–H and O–H groups in total. The number of ether oxygens (including phenoxy) is 1. The van der Waals surface area contributed by atoms with Gasteiger partial charge in [-0.05, 0) is 93.1 Å². The van der Waals surface area contributed by atoms with Gasteiger partial charge in [0, 0.05) is 23.3 Å². The molecule has 3 aromatic rings. The summed E-state index contributed by atoms with van der Waals surface area (Å²) in [5, 5.41) is 16.7. The van der Waals surface area contributed by atoms with E-state index in [2.05, 4.69) is 15.3 Å². The molecule has 8 heteroatoms. The summed E-state index contributed by atoms with van der Waals surface area (Å²) >= 11 is 8.14. The molecule has 0 bridgehead atoms. The lowest BCUT2D eigenvalue weighted by atomic mass is 9.69. The van der Waals surface area contributed by atoms with Crippen molar-refractivity contribution < 1.29 is 14.2 Å². The second kappa shape index (κ2) is 12.3. The highest BCUT2D eigenvalue weighted by Crippen LogP contribution is 2.44. The van der Waals surface area contributed by atoms with Gasteiger partial charge in [0.25, 0.3) is 0 Å². The van der Waals surface area contributed by atoms with Crippen molar-refractivity contribution in [1.82, 2.24) is 15.3 Å². The molecule has 1 fully saturated rings. The Morgan fingerprint density at radius 3 is 2.77 bits per heavy atom. The summed E-state index contributed by atoms with van der Waals surface area (Å²) in [6.07, 6.45) is 5.77. The zero-order valence-corrected chi connectivity index (χ0v) is 21.6. The Morgan fingerprint density at radius 2 is 2.03 bits per heavy atom. The van der Waals surface area contributed by atoms with E-state index in [1.165, 1.54) is 6.20 Å². The first kappa shape index (κ1) is 26.1. The van der Waals surface area contributed by atoms with Crippen LogP contribution in [0.2, 0.25) is 5.02 Å². The molecule has 2 atom stereocenters. The van der Waals surface area contributed by atoms with Crippen LogP contribution in [0, 0.1) is 5.41 Å². The lowest BCUT2D eigenvalue weighted by Crippen LogP contribution is -2.44. The molecule has 0 amide bonds. The standard InChI is InChI=1S/C27H33ClFN3O2S/c1-34-19-7-8-23-20(17-19)26(21(28)18-32-23)22(29)9-10-27(11-14-30-15-12-27)24(33)5-4-16-35-25-6-2-3-13-31-25/h2-3,6-8,13,17-18,22,24,30,33H,4-5,9-12,14-16H2,1H3/t22-,24+/m1/s1. The fourth-order valence-corrected chi connectivity index (χ4v) is 6.14. The smallest absolute Gasteiger partial charge is 0.127 e. The van der Waals surface area contributed by atoms with E-state index in [-0.39, 0.29) is 5.41 Å². The van der Waals surface area contributed by atoms with Crippen molar-refractivity contribution in [2.75, 3.05) is 26.0 Å².